The number of aryl methyl sites for hydroxylation is 2. The van der Waals surface area contributed by atoms with Gasteiger partial charge in [-0.25, -0.2) is 4.79 Å². The summed E-state index contributed by atoms with van der Waals surface area (Å²) < 4.78 is 0.919. The van der Waals surface area contributed by atoms with E-state index in [9.17, 15) is 14.7 Å². The summed E-state index contributed by atoms with van der Waals surface area (Å²) >= 11 is 4.61. The number of hydrogen-bond donors (Lipinski definition) is 2. The molecule has 27 heavy (non-hydrogen) atoms. The fourth-order valence-corrected chi connectivity index (χ4v) is 4.06. The maximum atomic E-state index is 12.3. The van der Waals surface area contributed by atoms with Gasteiger partial charge in [0.2, 0.25) is 5.91 Å². The van der Waals surface area contributed by atoms with Crippen LogP contribution in [0.1, 0.15) is 27.9 Å². The molecule has 2 aromatic carbocycles. The van der Waals surface area contributed by atoms with E-state index < -0.39 is 5.97 Å². The fraction of sp³-hybridized carbons (Fsp3) is 0.143. The summed E-state index contributed by atoms with van der Waals surface area (Å²) in [7, 11) is 0. The van der Waals surface area contributed by atoms with Crippen LogP contribution in [0, 0.1) is 6.92 Å². The quantitative estimate of drug-likeness (QED) is 0.509. The number of amides is 1. The van der Waals surface area contributed by atoms with Gasteiger partial charge in [0.1, 0.15) is 10.6 Å². The van der Waals surface area contributed by atoms with E-state index in [0.717, 1.165) is 21.2 Å². The molecule has 4 nitrogen and oxygen atoms in total. The highest BCUT2D eigenvalue weighted by Crippen LogP contribution is 2.36. The third-order valence-corrected chi connectivity index (χ3v) is 5.56. The van der Waals surface area contributed by atoms with Crippen LogP contribution in [0.4, 0.5) is 5.00 Å². The molecule has 1 aromatic heterocycles. The second-order valence-electron chi connectivity index (χ2n) is 6.20. The second kappa shape index (κ2) is 8.50. The number of halogens is 1. The molecule has 6 heteroatoms. The number of nitrogens with one attached hydrogen (secondary N) is 1. The molecule has 0 aliphatic carbocycles. The number of thiophene rings is 1. The third kappa shape index (κ3) is 4.84. The molecule has 0 aliphatic heterocycles. The first-order valence-electron chi connectivity index (χ1n) is 8.40. The van der Waals surface area contributed by atoms with Crippen molar-refractivity contribution in [3.63, 3.8) is 0 Å². The molecule has 0 fully saturated rings. The first-order chi connectivity index (χ1) is 12.9. The highest BCUT2D eigenvalue weighted by molar-refractivity contribution is 9.10. The molecule has 1 heterocycles. The van der Waals surface area contributed by atoms with Crippen LogP contribution >= 0.6 is 27.3 Å². The molecule has 0 bridgehead atoms. The number of hydrogen-bond acceptors (Lipinski definition) is 3. The van der Waals surface area contributed by atoms with Gasteiger partial charge in [0.25, 0.3) is 0 Å². The number of rotatable bonds is 6. The summed E-state index contributed by atoms with van der Waals surface area (Å²) in [4.78, 5) is 24.1. The van der Waals surface area contributed by atoms with Gasteiger partial charge in [-0.1, -0.05) is 57.9 Å². The van der Waals surface area contributed by atoms with Gasteiger partial charge in [-0.05, 0) is 36.6 Å². The van der Waals surface area contributed by atoms with E-state index in [1.165, 1.54) is 11.3 Å². The summed E-state index contributed by atoms with van der Waals surface area (Å²) in [5, 5.41) is 14.6. The summed E-state index contributed by atoms with van der Waals surface area (Å²) in [6, 6.07) is 15.4. The minimum absolute atomic E-state index is 0.131. The van der Waals surface area contributed by atoms with Crippen LogP contribution in [0.2, 0.25) is 0 Å². The van der Waals surface area contributed by atoms with Crippen molar-refractivity contribution in [1.29, 1.82) is 0 Å². The maximum Gasteiger partial charge on any atom is 0.339 e. The normalized spacial score (nSPS) is 10.6. The molecular formula is C21H18BrNO3S. The minimum atomic E-state index is -1.05. The Morgan fingerprint density at radius 1 is 1.15 bits per heavy atom. The van der Waals surface area contributed by atoms with Crippen molar-refractivity contribution in [3.8, 4) is 11.1 Å². The Morgan fingerprint density at radius 3 is 2.56 bits per heavy atom. The van der Waals surface area contributed by atoms with Crippen LogP contribution in [0.15, 0.2) is 58.4 Å². The topological polar surface area (TPSA) is 66.4 Å². The van der Waals surface area contributed by atoms with E-state index in [1.807, 2.05) is 55.5 Å². The van der Waals surface area contributed by atoms with Gasteiger partial charge in [0.15, 0.2) is 0 Å². The van der Waals surface area contributed by atoms with Crippen LogP contribution in [0.25, 0.3) is 11.1 Å². The minimum Gasteiger partial charge on any atom is -0.478 e. The maximum absolute atomic E-state index is 12.3. The Bertz CT molecular complexity index is 979. The third-order valence-electron chi connectivity index (χ3n) is 4.14. The molecule has 0 atom stereocenters. The van der Waals surface area contributed by atoms with Crippen molar-refractivity contribution < 1.29 is 14.7 Å². The summed E-state index contributed by atoms with van der Waals surface area (Å²) in [6.07, 6.45) is 0.912. The smallest absolute Gasteiger partial charge is 0.339 e. The molecule has 0 aliphatic rings. The zero-order valence-corrected chi connectivity index (χ0v) is 17.1. The standard InChI is InChI=1S/C21H18BrNO3S/c1-13-3-2-4-14(11-13)5-10-18(24)23-20-19(21(25)26)17(12-27-20)15-6-8-16(22)9-7-15/h2-4,6-9,11-12H,5,10H2,1H3,(H,23,24)(H,25,26). The Hall–Kier alpha value is -2.44. The van der Waals surface area contributed by atoms with Crippen molar-refractivity contribution in [3.05, 3.63) is 75.1 Å². The number of carbonyl (C=O) groups is 2. The van der Waals surface area contributed by atoms with E-state index in [0.29, 0.717) is 23.4 Å². The molecule has 0 saturated heterocycles. The largest absolute Gasteiger partial charge is 0.478 e. The van der Waals surface area contributed by atoms with Gasteiger partial charge in [0.05, 0.1) is 0 Å². The molecule has 2 N–H and O–H groups in total. The van der Waals surface area contributed by atoms with Crippen LogP contribution in [0.5, 0.6) is 0 Å². The monoisotopic (exact) mass is 443 g/mol. The first-order valence-corrected chi connectivity index (χ1v) is 10.1. The van der Waals surface area contributed by atoms with E-state index in [-0.39, 0.29) is 11.5 Å². The Morgan fingerprint density at radius 2 is 1.89 bits per heavy atom. The van der Waals surface area contributed by atoms with Crippen LogP contribution in [-0.4, -0.2) is 17.0 Å². The van der Waals surface area contributed by atoms with Gasteiger partial charge < -0.3 is 10.4 Å². The summed E-state index contributed by atoms with van der Waals surface area (Å²) in [5.41, 5.74) is 3.77. The van der Waals surface area contributed by atoms with E-state index in [2.05, 4.69) is 21.2 Å². The number of carbonyl (C=O) groups excluding carboxylic acids is 1. The zero-order valence-electron chi connectivity index (χ0n) is 14.7. The summed E-state index contributed by atoms with van der Waals surface area (Å²) in [5.74, 6) is -1.24. The molecule has 0 unspecified atom stereocenters. The average molecular weight is 444 g/mol. The summed E-state index contributed by atoms with van der Waals surface area (Å²) in [6.45, 7) is 2.01. The van der Waals surface area contributed by atoms with Crippen molar-refractivity contribution in [2.24, 2.45) is 0 Å². The Kier molecular flexibility index (Phi) is 6.08. The molecular weight excluding hydrogens is 426 g/mol. The number of benzene rings is 2. The van der Waals surface area contributed by atoms with Crippen LogP contribution in [0.3, 0.4) is 0 Å². The highest BCUT2D eigenvalue weighted by atomic mass is 79.9. The molecule has 1 amide bonds. The zero-order chi connectivity index (χ0) is 19.4. The lowest BCUT2D eigenvalue weighted by Crippen LogP contribution is -2.14. The van der Waals surface area contributed by atoms with Crippen molar-refractivity contribution in [2.75, 3.05) is 5.32 Å². The van der Waals surface area contributed by atoms with E-state index in [1.54, 1.807) is 5.38 Å². The van der Waals surface area contributed by atoms with Crippen LogP contribution in [-0.2, 0) is 11.2 Å². The molecule has 138 valence electrons. The lowest BCUT2D eigenvalue weighted by molar-refractivity contribution is -0.116. The van der Waals surface area contributed by atoms with Gasteiger partial charge >= 0.3 is 5.97 Å². The number of aromatic carboxylic acids is 1. The lowest BCUT2D eigenvalue weighted by atomic mass is 10.0. The van der Waals surface area contributed by atoms with Gasteiger partial charge in [-0.15, -0.1) is 11.3 Å². The van der Waals surface area contributed by atoms with Gasteiger partial charge in [-0.2, -0.15) is 0 Å². The molecule has 0 saturated carbocycles. The van der Waals surface area contributed by atoms with E-state index in [4.69, 9.17) is 0 Å². The number of carboxylic acids is 1. The second-order valence-corrected chi connectivity index (χ2v) is 8.00. The Balaban J connectivity index is 1.75. The molecule has 0 radical (unpaired) electrons. The van der Waals surface area contributed by atoms with Gasteiger partial charge in [-0.3, -0.25) is 4.79 Å². The highest BCUT2D eigenvalue weighted by Gasteiger charge is 2.21. The predicted molar refractivity (Wildman–Crippen MR) is 113 cm³/mol. The molecule has 3 aromatic rings. The van der Waals surface area contributed by atoms with Crippen molar-refractivity contribution in [2.45, 2.75) is 19.8 Å². The Labute approximate surface area is 170 Å². The SMILES string of the molecule is Cc1cccc(CCC(=O)Nc2scc(-c3ccc(Br)cc3)c2C(=O)O)c1. The van der Waals surface area contributed by atoms with E-state index >= 15 is 0 Å². The number of carboxylic acid groups (broad SMARTS) is 1. The molecule has 0 spiro atoms. The molecule has 3 rings (SSSR count). The van der Waals surface area contributed by atoms with Crippen molar-refractivity contribution in [1.82, 2.24) is 0 Å². The average Bonchev–Trinajstić information content (AvgIpc) is 3.04. The number of anilines is 1. The first kappa shape index (κ1) is 19.3. The predicted octanol–water partition coefficient (Wildman–Crippen LogP) is 5.76. The van der Waals surface area contributed by atoms with Crippen molar-refractivity contribution >= 4 is 44.1 Å². The van der Waals surface area contributed by atoms with Gasteiger partial charge in [0, 0.05) is 21.8 Å². The lowest BCUT2D eigenvalue weighted by Gasteiger charge is -2.07. The van der Waals surface area contributed by atoms with Crippen LogP contribution < -0.4 is 5.32 Å². The fourth-order valence-electron chi connectivity index (χ4n) is 2.82.